The van der Waals surface area contributed by atoms with Gasteiger partial charge < -0.3 is 10.6 Å². The van der Waals surface area contributed by atoms with Crippen molar-refractivity contribution in [2.45, 2.75) is 26.8 Å². The van der Waals surface area contributed by atoms with Crippen molar-refractivity contribution in [3.63, 3.8) is 0 Å². The van der Waals surface area contributed by atoms with Crippen LogP contribution in [0.5, 0.6) is 0 Å². The Morgan fingerprint density at radius 3 is 2.50 bits per heavy atom. The fourth-order valence-electron chi connectivity index (χ4n) is 2.71. The van der Waals surface area contributed by atoms with Crippen LogP contribution >= 0.6 is 0 Å². The molecule has 1 aromatic carbocycles. The number of anilines is 1. The molecule has 2 rings (SSSR count). The minimum atomic E-state index is 0.162. The first-order valence-corrected chi connectivity index (χ1v) is 7.11. The number of aromatic nitrogens is 2. The molecule has 0 fully saturated rings. The van der Waals surface area contributed by atoms with Gasteiger partial charge in [-0.2, -0.15) is 5.10 Å². The van der Waals surface area contributed by atoms with E-state index in [1.165, 1.54) is 22.5 Å². The van der Waals surface area contributed by atoms with Crippen molar-refractivity contribution in [3.8, 4) is 0 Å². The van der Waals surface area contributed by atoms with E-state index in [0.29, 0.717) is 6.54 Å². The molecule has 0 aliphatic rings. The molecule has 1 atom stereocenters. The second kappa shape index (κ2) is 6.09. The number of nitrogens with zero attached hydrogens (tertiary/aromatic N) is 3. The maximum Gasteiger partial charge on any atom is 0.0698 e. The van der Waals surface area contributed by atoms with Gasteiger partial charge in [-0.15, -0.1) is 0 Å². The molecule has 1 aromatic heterocycles. The van der Waals surface area contributed by atoms with Gasteiger partial charge in [0.1, 0.15) is 0 Å². The fourth-order valence-corrected chi connectivity index (χ4v) is 2.71. The standard InChI is InChI=1S/C16H24N4/c1-5-20(15-9-7-6-8-12(15)2)16(10-17)14-11-18-19(4)13(14)3/h6-9,11,16H,5,10,17H2,1-4H3. The molecule has 4 heteroatoms. The fraction of sp³-hybridized carbons (Fsp3) is 0.438. The molecule has 4 nitrogen and oxygen atoms in total. The van der Waals surface area contributed by atoms with Gasteiger partial charge in [-0.25, -0.2) is 0 Å². The van der Waals surface area contributed by atoms with Gasteiger partial charge >= 0.3 is 0 Å². The number of likely N-dealkylation sites (N-methyl/N-ethyl adjacent to an activating group) is 1. The van der Waals surface area contributed by atoms with E-state index >= 15 is 0 Å². The highest BCUT2D eigenvalue weighted by Gasteiger charge is 2.22. The highest BCUT2D eigenvalue weighted by Crippen LogP contribution is 2.30. The van der Waals surface area contributed by atoms with Crippen LogP contribution in [0.15, 0.2) is 30.5 Å². The summed E-state index contributed by atoms with van der Waals surface area (Å²) in [6, 6.07) is 8.61. The van der Waals surface area contributed by atoms with Crippen LogP contribution in [0.1, 0.15) is 29.8 Å². The highest BCUT2D eigenvalue weighted by molar-refractivity contribution is 5.55. The molecular weight excluding hydrogens is 248 g/mol. The number of nitrogens with two attached hydrogens (primary N) is 1. The molecule has 20 heavy (non-hydrogen) atoms. The van der Waals surface area contributed by atoms with E-state index in [2.05, 4.69) is 55.0 Å². The van der Waals surface area contributed by atoms with Gasteiger partial charge in [-0.3, -0.25) is 4.68 Å². The summed E-state index contributed by atoms with van der Waals surface area (Å²) >= 11 is 0. The molecule has 0 saturated carbocycles. The van der Waals surface area contributed by atoms with Crippen LogP contribution in [0.25, 0.3) is 0 Å². The van der Waals surface area contributed by atoms with Crippen LogP contribution in [0.4, 0.5) is 5.69 Å². The van der Waals surface area contributed by atoms with Crippen molar-refractivity contribution in [1.82, 2.24) is 9.78 Å². The Bertz CT molecular complexity index is 574. The Kier molecular flexibility index (Phi) is 4.45. The summed E-state index contributed by atoms with van der Waals surface area (Å²) in [6.45, 7) is 7.90. The first-order chi connectivity index (χ1) is 9.60. The topological polar surface area (TPSA) is 47.1 Å². The number of hydrogen-bond acceptors (Lipinski definition) is 3. The summed E-state index contributed by atoms with van der Waals surface area (Å²) in [6.07, 6.45) is 1.94. The average Bonchev–Trinajstić information content (AvgIpc) is 2.78. The van der Waals surface area contributed by atoms with Gasteiger partial charge in [0.05, 0.1) is 12.2 Å². The van der Waals surface area contributed by atoms with Crippen molar-refractivity contribution in [3.05, 3.63) is 47.3 Å². The van der Waals surface area contributed by atoms with Gasteiger partial charge in [-0.05, 0) is 32.4 Å². The minimum Gasteiger partial charge on any atom is -0.363 e. The van der Waals surface area contributed by atoms with E-state index in [1.807, 2.05) is 17.9 Å². The number of aryl methyl sites for hydroxylation is 2. The number of hydrogen-bond donors (Lipinski definition) is 1. The molecule has 0 aliphatic carbocycles. The van der Waals surface area contributed by atoms with Gasteiger partial charge in [0, 0.05) is 37.1 Å². The summed E-state index contributed by atoms with van der Waals surface area (Å²) in [5.74, 6) is 0. The van der Waals surface area contributed by atoms with E-state index in [0.717, 1.165) is 6.54 Å². The molecule has 108 valence electrons. The molecule has 2 aromatic rings. The molecular formula is C16H24N4. The van der Waals surface area contributed by atoms with Crippen LogP contribution in [0, 0.1) is 13.8 Å². The molecule has 0 radical (unpaired) electrons. The third kappa shape index (κ3) is 2.56. The van der Waals surface area contributed by atoms with Crippen LogP contribution < -0.4 is 10.6 Å². The molecule has 0 spiro atoms. The molecule has 0 aliphatic heterocycles. The highest BCUT2D eigenvalue weighted by atomic mass is 15.3. The van der Waals surface area contributed by atoms with Crippen LogP contribution in [-0.4, -0.2) is 22.9 Å². The van der Waals surface area contributed by atoms with Crippen molar-refractivity contribution in [2.75, 3.05) is 18.0 Å². The van der Waals surface area contributed by atoms with E-state index in [1.54, 1.807) is 0 Å². The Labute approximate surface area is 121 Å². The number of benzene rings is 1. The van der Waals surface area contributed by atoms with Crippen LogP contribution in [0.3, 0.4) is 0 Å². The number of rotatable bonds is 5. The molecule has 1 unspecified atom stereocenters. The first kappa shape index (κ1) is 14.6. The predicted molar refractivity (Wildman–Crippen MR) is 83.9 cm³/mol. The number of para-hydroxylation sites is 1. The van der Waals surface area contributed by atoms with Gasteiger partial charge in [-0.1, -0.05) is 18.2 Å². The lowest BCUT2D eigenvalue weighted by molar-refractivity contribution is 0.635. The monoisotopic (exact) mass is 272 g/mol. The lowest BCUT2D eigenvalue weighted by Gasteiger charge is -2.33. The molecule has 2 N–H and O–H groups in total. The maximum absolute atomic E-state index is 6.07. The second-order valence-electron chi connectivity index (χ2n) is 5.13. The van der Waals surface area contributed by atoms with Crippen LogP contribution in [0.2, 0.25) is 0 Å². The summed E-state index contributed by atoms with van der Waals surface area (Å²) in [4.78, 5) is 2.36. The smallest absolute Gasteiger partial charge is 0.0698 e. The van der Waals surface area contributed by atoms with Crippen molar-refractivity contribution in [2.24, 2.45) is 12.8 Å². The predicted octanol–water partition coefficient (Wildman–Crippen LogP) is 2.56. The summed E-state index contributed by atoms with van der Waals surface area (Å²) in [7, 11) is 1.97. The summed E-state index contributed by atoms with van der Waals surface area (Å²) in [5.41, 5.74) is 11.0. The zero-order valence-corrected chi connectivity index (χ0v) is 12.8. The Morgan fingerprint density at radius 2 is 2.00 bits per heavy atom. The van der Waals surface area contributed by atoms with E-state index in [9.17, 15) is 0 Å². The quantitative estimate of drug-likeness (QED) is 0.910. The lowest BCUT2D eigenvalue weighted by Crippen LogP contribution is -2.34. The molecule has 0 bridgehead atoms. The lowest BCUT2D eigenvalue weighted by atomic mass is 10.0. The molecule has 0 saturated heterocycles. The molecule has 0 amide bonds. The minimum absolute atomic E-state index is 0.162. The zero-order chi connectivity index (χ0) is 14.7. The molecule has 1 heterocycles. The second-order valence-corrected chi connectivity index (χ2v) is 5.13. The van der Waals surface area contributed by atoms with Gasteiger partial charge in [0.15, 0.2) is 0 Å². The Balaban J connectivity index is 2.43. The van der Waals surface area contributed by atoms with E-state index in [-0.39, 0.29) is 6.04 Å². The zero-order valence-electron chi connectivity index (χ0n) is 12.8. The average molecular weight is 272 g/mol. The van der Waals surface area contributed by atoms with Crippen LogP contribution in [-0.2, 0) is 7.05 Å². The van der Waals surface area contributed by atoms with Gasteiger partial charge in [0.25, 0.3) is 0 Å². The third-order valence-electron chi connectivity index (χ3n) is 4.00. The first-order valence-electron chi connectivity index (χ1n) is 7.11. The summed E-state index contributed by atoms with van der Waals surface area (Å²) < 4.78 is 1.91. The van der Waals surface area contributed by atoms with Crippen molar-refractivity contribution >= 4 is 5.69 Å². The van der Waals surface area contributed by atoms with Crippen molar-refractivity contribution < 1.29 is 0 Å². The largest absolute Gasteiger partial charge is 0.363 e. The SMILES string of the molecule is CCN(c1ccccc1C)C(CN)c1cnn(C)c1C. The van der Waals surface area contributed by atoms with Gasteiger partial charge in [0.2, 0.25) is 0 Å². The third-order valence-corrected chi connectivity index (χ3v) is 4.00. The van der Waals surface area contributed by atoms with Crippen molar-refractivity contribution in [1.29, 1.82) is 0 Å². The Morgan fingerprint density at radius 1 is 1.30 bits per heavy atom. The Hall–Kier alpha value is -1.81. The van der Waals surface area contributed by atoms with E-state index < -0.39 is 0 Å². The normalized spacial score (nSPS) is 12.4. The maximum atomic E-state index is 6.07. The summed E-state index contributed by atoms with van der Waals surface area (Å²) in [5, 5.41) is 4.35. The van der Waals surface area contributed by atoms with E-state index in [4.69, 9.17) is 5.73 Å².